The molecule has 3 rings (SSSR count). The Morgan fingerprint density at radius 2 is 1.83 bits per heavy atom. The van der Waals surface area contributed by atoms with Gasteiger partial charge in [0.1, 0.15) is 5.75 Å². The number of amides is 1. The van der Waals surface area contributed by atoms with Crippen molar-refractivity contribution >= 4 is 21.8 Å². The highest BCUT2D eigenvalue weighted by Gasteiger charge is 2.20. The van der Waals surface area contributed by atoms with Crippen molar-refractivity contribution in [1.82, 2.24) is 4.90 Å². The highest BCUT2D eigenvalue weighted by molar-refractivity contribution is 9.10. The molecule has 0 radical (unpaired) electrons. The van der Waals surface area contributed by atoms with E-state index in [0.717, 1.165) is 42.6 Å². The van der Waals surface area contributed by atoms with E-state index in [1.807, 2.05) is 41.3 Å². The highest BCUT2D eigenvalue weighted by Crippen LogP contribution is 2.27. The molecule has 1 aliphatic heterocycles. The number of hydrogen-bond acceptors (Lipinski definition) is 2. The molecule has 0 bridgehead atoms. The zero-order valence-corrected chi connectivity index (χ0v) is 14.6. The number of benzene rings is 2. The molecule has 0 saturated carbocycles. The number of rotatable bonds is 5. The van der Waals surface area contributed by atoms with Crippen LogP contribution in [0.15, 0.2) is 53.0 Å². The molecule has 0 aromatic heterocycles. The normalized spacial score (nSPS) is 14.0. The van der Waals surface area contributed by atoms with E-state index in [9.17, 15) is 4.79 Å². The van der Waals surface area contributed by atoms with Crippen LogP contribution >= 0.6 is 15.9 Å². The zero-order chi connectivity index (χ0) is 16.1. The zero-order valence-electron chi connectivity index (χ0n) is 13.0. The fraction of sp³-hybridized carbons (Fsp3) is 0.316. The lowest BCUT2D eigenvalue weighted by molar-refractivity contribution is 0.0792. The molecule has 2 aromatic carbocycles. The van der Waals surface area contributed by atoms with Crippen molar-refractivity contribution in [2.45, 2.75) is 19.3 Å². The molecule has 2 aromatic rings. The predicted molar refractivity (Wildman–Crippen MR) is 94.9 cm³/mol. The number of halogens is 1. The molecule has 1 saturated heterocycles. The van der Waals surface area contributed by atoms with Gasteiger partial charge in [-0.15, -0.1) is 0 Å². The largest absolute Gasteiger partial charge is 0.492 e. The first-order chi connectivity index (χ1) is 11.2. The summed E-state index contributed by atoms with van der Waals surface area (Å²) < 4.78 is 6.66. The van der Waals surface area contributed by atoms with Crippen molar-refractivity contribution in [3.63, 3.8) is 0 Å². The second-order valence-electron chi connectivity index (χ2n) is 5.73. The second kappa shape index (κ2) is 7.64. The maximum atomic E-state index is 12.4. The second-order valence-corrected chi connectivity index (χ2v) is 6.58. The van der Waals surface area contributed by atoms with Gasteiger partial charge in [0.2, 0.25) is 0 Å². The molecular formula is C19H20BrNO2. The number of hydrogen-bond donors (Lipinski definition) is 0. The molecule has 0 aliphatic carbocycles. The Morgan fingerprint density at radius 1 is 1.09 bits per heavy atom. The van der Waals surface area contributed by atoms with Crippen molar-refractivity contribution in [3.05, 3.63) is 64.1 Å². The molecule has 0 atom stereocenters. The van der Waals surface area contributed by atoms with Crippen LogP contribution in [0.5, 0.6) is 5.75 Å². The van der Waals surface area contributed by atoms with E-state index in [1.54, 1.807) is 0 Å². The first-order valence-electron chi connectivity index (χ1n) is 7.99. The van der Waals surface area contributed by atoms with Crippen LogP contribution in [0.1, 0.15) is 28.8 Å². The van der Waals surface area contributed by atoms with E-state index in [2.05, 4.69) is 28.1 Å². The van der Waals surface area contributed by atoms with Gasteiger partial charge in [-0.3, -0.25) is 4.79 Å². The Hall–Kier alpha value is -1.81. The Morgan fingerprint density at radius 3 is 2.52 bits per heavy atom. The van der Waals surface area contributed by atoms with E-state index in [0.29, 0.717) is 12.2 Å². The summed E-state index contributed by atoms with van der Waals surface area (Å²) in [5.41, 5.74) is 1.97. The van der Waals surface area contributed by atoms with Crippen LogP contribution in [0.3, 0.4) is 0 Å². The molecule has 1 aliphatic rings. The predicted octanol–water partition coefficient (Wildman–Crippen LogP) is 4.31. The molecule has 0 N–H and O–H groups in total. The maximum Gasteiger partial charge on any atom is 0.253 e. The van der Waals surface area contributed by atoms with Crippen molar-refractivity contribution in [1.29, 1.82) is 0 Å². The van der Waals surface area contributed by atoms with E-state index in [4.69, 9.17) is 4.74 Å². The highest BCUT2D eigenvalue weighted by atomic mass is 79.9. The fourth-order valence-corrected chi connectivity index (χ4v) is 3.27. The molecule has 4 heteroatoms. The Kier molecular flexibility index (Phi) is 5.34. The Labute approximate surface area is 145 Å². The number of likely N-dealkylation sites (tertiary alicyclic amines) is 1. The smallest absolute Gasteiger partial charge is 0.253 e. The van der Waals surface area contributed by atoms with Crippen LogP contribution in [0.25, 0.3) is 0 Å². The first kappa shape index (κ1) is 16.1. The van der Waals surface area contributed by atoms with Crippen molar-refractivity contribution in [3.8, 4) is 5.75 Å². The number of nitrogens with zero attached hydrogens (tertiary/aromatic N) is 1. The van der Waals surface area contributed by atoms with Gasteiger partial charge in [0.05, 0.1) is 11.1 Å². The fourth-order valence-electron chi connectivity index (χ4n) is 2.78. The third-order valence-electron chi connectivity index (χ3n) is 4.06. The van der Waals surface area contributed by atoms with Gasteiger partial charge in [0.25, 0.3) is 5.91 Å². The first-order valence-corrected chi connectivity index (χ1v) is 8.79. The topological polar surface area (TPSA) is 29.5 Å². The van der Waals surface area contributed by atoms with E-state index in [-0.39, 0.29) is 5.91 Å². The van der Waals surface area contributed by atoms with Crippen molar-refractivity contribution < 1.29 is 9.53 Å². The summed E-state index contributed by atoms with van der Waals surface area (Å²) in [7, 11) is 0. The van der Waals surface area contributed by atoms with E-state index < -0.39 is 0 Å². The van der Waals surface area contributed by atoms with E-state index >= 15 is 0 Å². The van der Waals surface area contributed by atoms with Crippen molar-refractivity contribution in [2.75, 3.05) is 19.7 Å². The molecule has 0 unspecified atom stereocenters. The van der Waals surface area contributed by atoms with Gasteiger partial charge in [0.15, 0.2) is 0 Å². The quantitative estimate of drug-likeness (QED) is 0.781. The SMILES string of the molecule is O=C(c1ccc(OCCc2ccccc2)c(Br)c1)N1CCCC1. The molecule has 1 fully saturated rings. The Bertz CT molecular complexity index is 666. The van der Waals surface area contributed by atoms with Crippen LogP contribution in [-0.2, 0) is 6.42 Å². The average Bonchev–Trinajstić information content (AvgIpc) is 3.11. The van der Waals surface area contributed by atoms with E-state index in [1.165, 1.54) is 5.56 Å². The minimum Gasteiger partial charge on any atom is -0.492 e. The molecule has 1 heterocycles. The summed E-state index contributed by atoms with van der Waals surface area (Å²) in [6, 6.07) is 15.8. The molecule has 120 valence electrons. The van der Waals surface area contributed by atoms with Crippen LogP contribution in [0.2, 0.25) is 0 Å². The summed E-state index contributed by atoms with van der Waals surface area (Å²) in [5, 5.41) is 0. The van der Waals surface area contributed by atoms with Crippen LogP contribution < -0.4 is 4.74 Å². The van der Waals surface area contributed by atoms with Crippen LogP contribution in [0, 0.1) is 0 Å². The summed E-state index contributed by atoms with van der Waals surface area (Å²) in [6.07, 6.45) is 3.07. The third kappa shape index (κ3) is 4.14. The minimum atomic E-state index is 0.110. The van der Waals surface area contributed by atoms with Crippen LogP contribution in [-0.4, -0.2) is 30.5 Å². The number of carbonyl (C=O) groups excluding carboxylic acids is 1. The monoisotopic (exact) mass is 373 g/mol. The molecule has 3 nitrogen and oxygen atoms in total. The lowest BCUT2D eigenvalue weighted by atomic mass is 10.1. The lowest BCUT2D eigenvalue weighted by Crippen LogP contribution is -2.27. The van der Waals surface area contributed by atoms with Crippen molar-refractivity contribution in [2.24, 2.45) is 0 Å². The molecule has 0 spiro atoms. The van der Waals surface area contributed by atoms with Gasteiger partial charge in [-0.25, -0.2) is 0 Å². The minimum absolute atomic E-state index is 0.110. The average molecular weight is 374 g/mol. The summed E-state index contributed by atoms with van der Waals surface area (Å²) in [4.78, 5) is 14.3. The summed E-state index contributed by atoms with van der Waals surface area (Å²) in [6.45, 7) is 2.35. The van der Waals surface area contributed by atoms with Gasteiger partial charge in [-0.2, -0.15) is 0 Å². The molecule has 1 amide bonds. The summed E-state index contributed by atoms with van der Waals surface area (Å²) >= 11 is 3.51. The van der Waals surface area contributed by atoms with Gasteiger partial charge < -0.3 is 9.64 Å². The van der Waals surface area contributed by atoms with Gasteiger partial charge in [-0.05, 0) is 52.5 Å². The van der Waals surface area contributed by atoms with Gasteiger partial charge in [-0.1, -0.05) is 30.3 Å². The summed E-state index contributed by atoms with van der Waals surface area (Å²) in [5.74, 6) is 0.887. The van der Waals surface area contributed by atoms with Crippen LogP contribution in [0.4, 0.5) is 0 Å². The lowest BCUT2D eigenvalue weighted by Gasteiger charge is -2.16. The number of carbonyl (C=O) groups is 1. The molecular weight excluding hydrogens is 354 g/mol. The third-order valence-corrected chi connectivity index (χ3v) is 4.68. The standard InChI is InChI=1S/C19H20BrNO2/c20-17-14-16(19(22)21-11-4-5-12-21)8-9-18(17)23-13-10-15-6-2-1-3-7-15/h1-3,6-9,14H,4-5,10-13H2. The molecule has 23 heavy (non-hydrogen) atoms. The maximum absolute atomic E-state index is 12.4. The Balaban J connectivity index is 1.59. The van der Waals surface area contributed by atoms with Gasteiger partial charge >= 0.3 is 0 Å². The number of ether oxygens (including phenoxy) is 1. The van der Waals surface area contributed by atoms with Gasteiger partial charge in [0, 0.05) is 25.1 Å².